The molecule has 1 fully saturated rings. The molecule has 0 bridgehead atoms. The van der Waals surface area contributed by atoms with Crippen molar-refractivity contribution in [2.45, 2.75) is 44.5 Å². The highest BCUT2D eigenvalue weighted by Crippen LogP contribution is 2.48. The maximum absolute atomic E-state index is 13.6. The first kappa shape index (κ1) is 19.0. The third kappa shape index (κ3) is 3.16. The van der Waals surface area contributed by atoms with E-state index in [0.717, 1.165) is 0 Å². The Labute approximate surface area is 153 Å². The molecule has 1 heterocycles. The molecule has 1 aromatic rings. The van der Waals surface area contributed by atoms with Crippen LogP contribution in [0.4, 0.5) is 13.2 Å². The monoisotopic (exact) mass is 390 g/mol. The van der Waals surface area contributed by atoms with E-state index in [1.165, 1.54) is 6.07 Å². The summed E-state index contributed by atoms with van der Waals surface area (Å²) >= 11 is 5.83. The average Bonchev–Trinajstić information content (AvgIpc) is 2.88. The van der Waals surface area contributed by atoms with Crippen LogP contribution in [-0.2, 0) is 4.79 Å². The standard InChI is InChI=1S/C17H18ClF3N2O3/c1-10-8-11(18)6-7-14(10)26-9-15(24)23-16(25,17(19,20)21)12-4-2-3-5-13(12)22-23/h6-8,12,25H,2-5,9H2,1H3/t12-,16+/m1/s1. The van der Waals surface area contributed by atoms with Gasteiger partial charge in [0.1, 0.15) is 5.75 Å². The Morgan fingerprint density at radius 2 is 2.19 bits per heavy atom. The summed E-state index contributed by atoms with van der Waals surface area (Å²) in [7, 11) is 0. The van der Waals surface area contributed by atoms with Gasteiger partial charge in [0.15, 0.2) is 6.61 Å². The molecule has 0 radical (unpaired) electrons. The van der Waals surface area contributed by atoms with Gasteiger partial charge in [-0.1, -0.05) is 18.0 Å². The Hall–Kier alpha value is -1.80. The number of aryl methyl sites for hydroxylation is 1. The van der Waals surface area contributed by atoms with Gasteiger partial charge in [-0.25, -0.2) is 0 Å². The number of hydrogen-bond acceptors (Lipinski definition) is 4. The minimum Gasteiger partial charge on any atom is -0.483 e. The molecular weight excluding hydrogens is 373 g/mol. The first-order valence-corrected chi connectivity index (χ1v) is 8.61. The third-order valence-corrected chi connectivity index (χ3v) is 4.99. The molecule has 26 heavy (non-hydrogen) atoms. The summed E-state index contributed by atoms with van der Waals surface area (Å²) in [5.41, 5.74) is -2.47. The minimum atomic E-state index is -5.02. The maximum Gasteiger partial charge on any atom is 0.439 e. The largest absolute Gasteiger partial charge is 0.483 e. The van der Waals surface area contributed by atoms with Crippen molar-refractivity contribution in [2.75, 3.05) is 6.61 Å². The van der Waals surface area contributed by atoms with Crippen LogP contribution in [0.5, 0.6) is 5.75 Å². The smallest absolute Gasteiger partial charge is 0.439 e. The fraction of sp³-hybridized carbons (Fsp3) is 0.529. The molecule has 142 valence electrons. The zero-order valence-corrected chi connectivity index (χ0v) is 14.8. The highest BCUT2D eigenvalue weighted by Gasteiger charge is 2.68. The van der Waals surface area contributed by atoms with Gasteiger partial charge in [-0.05, 0) is 49.9 Å². The topological polar surface area (TPSA) is 62.1 Å². The quantitative estimate of drug-likeness (QED) is 0.856. The lowest BCUT2D eigenvalue weighted by Crippen LogP contribution is -2.62. The zero-order chi connectivity index (χ0) is 19.1. The van der Waals surface area contributed by atoms with Crippen LogP contribution >= 0.6 is 11.6 Å². The molecule has 5 nitrogen and oxygen atoms in total. The van der Waals surface area contributed by atoms with E-state index in [1.54, 1.807) is 19.1 Å². The molecule has 2 atom stereocenters. The maximum atomic E-state index is 13.6. The number of alkyl halides is 3. The number of halogens is 4. The minimum absolute atomic E-state index is 0.135. The van der Waals surface area contributed by atoms with Gasteiger partial charge >= 0.3 is 6.18 Å². The molecule has 2 aliphatic rings. The van der Waals surface area contributed by atoms with Gasteiger partial charge in [0, 0.05) is 10.7 Å². The van der Waals surface area contributed by atoms with Crippen molar-refractivity contribution in [3.05, 3.63) is 28.8 Å². The summed E-state index contributed by atoms with van der Waals surface area (Å²) in [4.78, 5) is 12.4. The van der Waals surface area contributed by atoms with Crippen molar-refractivity contribution < 1.29 is 27.8 Å². The summed E-state index contributed by atoms with van der Waals surface area (Å²) in [5.74, 6) is -1.96. The van der Waals surface area contributed by atoms with Crippen molar-refractivity contribution in [2.24, 2.45) is 11.0 Å². The van der Waals surface area contributed by atoms with Crippen LogP contribution in [0.1, 0.15) is 31.2 Å². The van der Waals surface area contributed by atoms with Gasteiger partial charge in [-0.2, -0.15) is 23.3 Å². The first-order chi connectivity index (χ1) is 12.1. The fourth-order valence-corrected chi connectivity index (χ4v) is 3.67. The molecule has 1 saturated carbocycles. The van der Waals surface area contributed by atoms with E-state index in [0.29, 0.717) is 35.6 Å². The molecule has 1 aliphatic heterocycles. The zero-order valence-electron chi connectivity index (χ0n) is 14.0. The molecule has 9 heteroatoms. The second kappa shape index (κ2) is 6.74. The van der Waals surface area contributed by atoms with E-state index in [2.05, 4.69) is 5.10 Å². The van der Waals surface area contributed by atoms with E-state index in [9.17, 15) is 23.1 Å². The predicted octanol–water partition coefficient (Wildman–Crippen LogP) is 3.67. The second-order valence-electron chi connectivity index (χ2n) is 6.52. The number of nitrogens with zero attached hydrogens (tertiary/aromatic N) is 2. The van der Waals surface area contributed by atoms with Crippen LogP contribution in [0.25, 0.3) is 0 Å². The Kier molecular flexibility index (Phi) is 4.92. The molecule has 0 aromatic heterocycles. The second-order valence-corrected chi connectivity index (χ2v) is 6.95. The molecule has 0 unspecified atom stereocenters. The number of rotatable bonds is 3. The van der Waals surface area contributed by atoms with E-state index in [-0.39, 0.29) is 17.1 Å². The highest BCUT2D eigenvalue weighted by atomic mass is 35.5. The van der Waals surface area contributed by atoms with Crippen LogP contribution in [0.3, 0.4) is 0 Å². The number of amides is 1. The number of hydrogen-bond donors (Lipinski definition) is 1. The van der Waals surface area contributed by atoms with Crippen LogP contribution in [0.2, 0.25) is 5.02 Å². The molecule has 1 amide bonds. The van der Waals surface area contributed by atoms with Gasteiger partial charge in [0.25, 0.3) is 11.6 Å². The number of aliphatic hydroxyl groups is 1. The van der Waals surface area contributed by atoms with Crippen molar-refractivity contribution in [3.8, 4) is 5.75 Å². The van der Waals surface area contributed by atoms with Crippen LogP contribution < -0.4 is 4.74 Å². The molecular formula is C17H18ClF3N2O3. The summed E-state index contributed by atoms with van der Waals surface area (Å²) in [5, 5.41) is 14.9. The third-order valence-electron chi connectivity index (χ3n) is 4.76. The van der Waals surface area contributed by atoms with E-state index < -0.39 is 30.3 Å². The van der Waals surface area contributed by atoms with Crippen molar-refractivity contribution in [1.29, 1.82) is 0 Å². The Bertz CT molecular complexity index is 753. The normalized spacial score (nSPS) is 25.7. The van der Waals surface area contributed by atoms with E-state index in [1.807, 2.05) is 0 Å². The summed E-state index contributed by atoms with van der Waals surface area (Å²) < 4.78 is 46.2. The lowest BCUT2D eigenvalue weighted by molar-refractivity contribution is -0.317. The molecule has 1 N–H and O–H groups in total. The lowest BCUT2D eigenvalue weighted by Gasteiger charge is -2.38. The van der Waals surface area contributed by atoms with Gasteiger partial charge in [-0.3, -0.25) is 4.79 Å². The molecule has 1 aromatic carbocycles. The fourth-order valence-electron chi connectivity index (χ4n) is 3.44. The Morgan fingerprint density at radius 1 is 1.46 bits per heavy atom. The van der Waals surface area contributed by atoms with Gasteiger partial charge in [0.2, 0.25) is 0 Å². The molecule has 0 spiro atoms. The van der Waals surface area contributed by atoms with Crippen LogP contribution in [-0.4, -0.2) is 40.2 Å². The number of carbonyl (C=O) groups is 1. The Balaban J connectivity index is 1.81. The highest BCUT2D eigenvalue weighted by molar-refractivity contribution is 6.30. The van der Waals surface area contributed by atoms with E-state index >= 15 is 0 Å². The molecule has 0 saturated heterocycles. The first-order valence-electron chi connectivity index (χ1n) is 8.23. The summed E-state index contributed by atoms with van der Waals surface area (Å²) in [6, 6.07) is 4.68. The van der Waals surface area contributed by atoms with Crippen molar-refractivity contribution in [1.82, 2.24) is 5.01 Å². The van der Waals surface area contributed by atoms with Crippen LogP contribution in [0.15, 0.2) is 23.3 Å². The average molecular weight is 391 g/mol. The predicted molar refractivity (Wildman–Crippen MR) is 88.9 cm³/mol. The number of ether oxygens (including phenoxy) is 1. The number of benzene rings is 1. The van der Waals surface area contributed by atoms with Crippen molar-refractivity contribution >= 4 is 23.2 Å². The summed E-state index contributed by atoms with van der Waals surface area (Å²) in [6.45, 7) is 1.02. The van der Waals surface area contributed by atoms with Crippen molar-refractivity contribution in [3.63, 3.8) is 0 Å². The lowest BCUT2D eigenvalue weighted by atomic mass is 9.80. The number of hydrazone groups is 1. The van der Waals surface area contributed by atoms with Gasteiger partial charge in [-0.15, -0.1) is 0 Å². The number of fused-ring (bicyclic) bond motifs is 1. The molecule has 3 rings (SSSR count). The molecule has 1 aliphatic carbocycles. The Morgan fingerprint density at radius 3 is 2.85 bits per heavy atom. The van der Waals surface area contributed by atoms with Gasteiger partial charge in [0.05, 0.1) is 5.92 Å². The SMILES string of the molecule is Cc1cc(Cl)ccc1OCC(=O)N1N=C2CCCC[C@H]2[C@]1(O)C(F)(F)F. The van der Waals surface area contributed by atoms with Crippen LogP contribution in [0, 0.1) is 12.8 Å². The summed E-state index contributed by atoms with van der Waals surface area (Å²) in [6.07, 6.45) is -3.32. The van der Waals surface area contributed by atoms with E-state index in [4.69, 9.17) is 16.3 Å². The number of carbonyl (C=O) groups excluding carboxylic acids is 1. The van der Waals surface area contributed by atoms with Gasteiger partial charge < -0.3 is 9.84 Å².